The molecule has 0 aliphatic carbocycles. The van der Waals surface area contributed by atoms with E-state index in [-0.39, 0.29) is 6.04 Å². The Bertz CT molecular complexity index is 240. The summed E-state index contributed by atoms with van der Waals surface area (Å²) in [6, 6.07) is 0.420. The van der Waals surface area contributed by atoms with Gasteiger partial charge in [-0.1, -0.05) is 46.5 Å². The Kier molecular flexibility index (Phi) is 5.96. The highest BCUT2D eigenvalue weighted by molar-refractivity contribution is 5.84. The molecule has 3 nitrogen and oxygen atoms in total. The van der Waals surface area contributed by atoms with Gasteiger partial charge in [-0.25, -0.2) is 0 Å². The van der Waals surface area contributed by atoms with Crippen molar-refractivity contribution in [3.8, 4) is 0 Å². The summed E-state index contributed by atoms with van der Waals surface area (Å²) in [7, 11) is 0. The lowest BCUT2D eigenvalue weighted by atomic mass is 10.0. The number of carbonyl (C=O) groups is 1. The quantitative estimate of drug-likeness (QED) is 0.694. The molecule has 1 aliphatic rings. The predicted octanol–water partition coefficient (Wildman–Crippen LogP) is 2.76. The fourth-order valence-corrected chi connectivity index (χ4v) is 2.46. The van der Waals surface area contributed by atoms with Crippen LogP contribution in [-0.2, 0) is 4.79 Å². The Morgan fingerprint density at radius 3 is 2.53 bits per heavy atom. The average Bonchev–Trinajstić information content (AvgIpc) is 2.66. The first kappa shape index (κ1) is 14.5. The summed E-state index contributed by atoms with van der Waals surface area (Å²) in [5.74, 6) is 0.683. The molecule has 1 saturated heterocycles. The summed E-state index contributed by atoms with van der Waals surface area (Å²) in [6.45, 7) is 9.34. The van der Waals surface area contributed by atoms with Gasteiger partial charge in [-0.2, -0.15) is 0 Å². The maximum Gasteiger partial charge on any atom is 0.241 e. The first-order chi connectivity index (χ1) is 8.07. The molecule has 1 N–H and O–H groups in total. The van der Waals surface area contributed by atoms with Gasteiger partial charge in [-0.15, -0.1) is 0 Å². The van der Waals surface area contributed by atoms with E-state index in [1.54, 1.807) is 0 Å². The van der Waals surface area contributed by atoms with Gasteiger partial charge in [0, 0.05) is 6.04 Å². The smallest absolute Gasteiger partial charge is 0.241 e. The molecule has 1 aliphatic heterocycles. The van der Waals surface area contributed by atoms with Gasteiger partial charge in [-0.05, 0) is 19.3 Å². The molecule has 0 bridgehead atoms. The van der Waals surface area contributed by atoms with Gasteiger partial charge in [0.05, 0.1) is 12.7 Å². The van der Waals surface area contributed by atoms with Crippen molar-refractivity contribution in [3.63, 3.8) is 0 Å². The second-order valence-electron chi connectivity index (χ2n) is 5.59. The van der Waals surface area contributed by atoms with E-state index >= 15 is 0 Å². The zero-order valence-electron chi connectivity index (χ0n) is 11.8. The molecule has 2 unspecified atom stereocenters. The van der Waals surface area contributed by atoms with Crippen LogP contribution in [0.15, 0.2) is 0 Å². The second kappa shape index (κ2) is 7.00. The van der Waals surface area contributed by atoms with Gasteiger partial charge in [0.1, 0.15) is 0 Å². The number of amides is 1. The van der Waals surface area contributed by atoms with Crippen molar-refractivity contribution in [2.45, 2.75) is 71.9 Å². The summed E-state index contributed by atoms with van der Waals surface area (Å²) in [5, 5.41) is 3.31. The Balaban J connectivity index is 2.33. The molecule has 0 aromatic heterocycles. The van der Waals surface area contributed by atoms with Crippen molar-refractivity contribution in [2.24, 2.45) is 5.92 Å². The van der Waals surface area contributed by atoms with E-state index < -0.39 is 0 Å². The van der Waals surface area contributed by atoms with Crippen molar-refractivity contribution in [2.75, 3.05) is 6.67 Å². The summed E-state index contributed by atoms with van der Waals surface area (Å²) < 4.78 is 0. The minimum Gasteiger partial charge on any atom is -0.326 e. The molecule has 3 heteroatoms. The third-order valence-corrected chi connectivity index (χ3v) is 3.70. The summed E-state index contributed by atoms with van der Waals surface area (Å²) >= 11 is 0. The van der Waals surface area contributed by atoms with Crippen LogP contribution in [0, 0.1) is 5.92 Å². The number of carbonyl (C=O) groups excluding carboxylic acids is 1. The minimum atomic E-state index is 0.0353. The Morgan fingerprint density at radius 2 is 2.00 bits per heavy atom. The molecule has 0 radical (unpaired) electrons. The number of nitrogens with one attached hydrogen (secondary N) is 1. The SMILES string of the molecule is CCCCCCC(C)N1CNC(C(C)C)C1=O. The number of hydrogen-bond acceptors (Lipinski definition) is 2. The molecule has 2 atom stereocenters. The highest BCUT2D eigenvalue weighted by Crippen LogP contribution is 2.17. The number of hydrogen-bond donors (Lipinski definition) is 1. The van der Waals surface area contributed by atoms with E-state index in [0.29, 0.717) is 17.9 Å². The van der Waals surface area contributed by atoms with Gasteiger partial charge >= 0.3 is 0 Å². The van der Waals surface area contributed by atoms with Gasteiger partial charge in [0.2, 0.25) is 5.91 Å². The van der Waals surface area contributed by atoms with Crippen LogP contribution in [0.1, 0.15) is 59.8 Å². The van der Waals surface area contributed by atoms with Crippen molar-refractivity contribution in [1.29, 1.82) is 0 Å². The van der Waals surface area contributed by atoms with Gasteiger partial charge in [0.25, 0.3) is 0 Å². The summed E-state index contributed by atoms with van der Waals surface area (Å²) in [5.41, 5.74) is 0. The maximum atomic E-state index is 12.1. The van der Waals surface area contributed by atoms with Crippen LogP contribution in [-0.4, -0.2) is 29.6 Å². The molecule has 0 spiro atoms. The molecule has 0 aromatic rings. The average molecular weight is 240 g/mol. The number of unbranched alkanes of at least 4 members (excludes halogenated alkanes) is 3. The molecule has 1 rings (SSSR count). The van der Waals surface area contributed by atoms with Crippen LogP contribution >= 0.6 is 0 Å². The van der Waals surface area contributed by atoms with E-state index in [9.17, 15) is 4.79 Å². The minimum absolute atomic E-state index is 0.0353. The van der Waals surface area contributed by atoms with Crippen molar-refractivity contribution < 1.29 is 4.79 Å². The third kappa shape index (κ3) is 3.98. The van der Waals surface area contributed by atoms with Crippen LogP contribution in [0.5, 0.6) is 0 Å². The Hall–Kier alpha value is -0.570. The van der Waals surface area contributed by atoms with Gasteiger partial charge in [-0.3, -0.25) is 10.1 Å². The molecule has 1 amide bonds. The lowest BCUT2D eigenvalue weighted by Gasteiger charge is -2.24. The first-order valence-corrected chi connectivity index (χ1v) is 7.11. The molecule has 1 fully saturated rings. The van der Waals surface area contributed by atoms with Crippen molar-refractivity contribution >= 4 is 5.91 Å². The normalized spacial score (nSPS) is 22.5. The zero-order valence-corrected chi connectivity index (χ0v) is 11.8. The molecule has 0 saturated carbocycles. The van der Waals surface area contributed by atoms with E-state index in [2.05, 4.69) is 33.0 Å². The third-order valence-electron chi connectivity index (χ3n) is 3.70. The fraction of sp³-hybridized carbons (Fsp3) is 0.929. The number of nitrogens with zero attached hydrogens (tertiary/aromatic N) is 1. The van der Waals surface area contributed by atoms with Crippen LogP contribution < -0.4 is 5.32 Å². The molecule has 0 aromatic carbocycles. The van der Waals surface area contributed by atoms with Crippen LogP contribution in [0.2, 0.25) is 0 Å². The van der Waals surface area contributed by atoms with Crippen molar-refractivity contribution in [3.05, 3.63) is 0 Å². The van der Waals surface area contributed by atoms with E-state index in [1.807, 2.05) is 4.90 Å². The topological polar surface area (TPSA) is 32.3 Å². The molecular formula is C14H28N2O. The monoisotopic (exact) mass is 240 g/mol. The Labute approximate surface area is 106 Å². The highest BCUT2D eigenvalue weighted by atomic mass is 16.2. The fourth-order valence-electron chi connectivity index (χ4n) is 2.46. The van der Waals surface area contributed by atoms with Crippen LogP contribution in [0.3, 0.4) is 0 Å². The summed E-state index contributed by atoms with van der Waals surface area (Å²) in [6.07, 6.45) is 6.26. The second-order valence-corrected chi connectivity index (χ2v) is 5.59. The lowest BCUT2D eigenvalue weighted by Crippen LogP contribution is -2.38. The molecule has 17 heavy (non-hydrogen) atoms. The Morgan fingerprint density at radius 1 is 1.29 bits per heavy atom. The maximum absolute atomic E-state index is 12.1. The molecular weight excluding hydrogens is 212 g/mol. The van der Waals surface area contributed by atoms with E-state index in [1.165, 1.54) is 25.7 Å². The van der Waals surface area contributed by atoms with Crippen LogP contribution in [0.25, 0.3) is 0 Å². The van der Waals surface area contributed by atoms with E-state index in [4.69, 9.17) is 0 Å². The van der Waals surface area contributed by atoms with E-state index in [0.717, 1.165) is 13.1 Å². The predicted molar refractivity (Wildman–Crippen MR) is 71.7 cm³/mol. The van der Waals surface area contributed by atoms with Crippen LogP contribution in [0.4, 0.5) is 0 Å². The first-order valence-electron chi connectivity index (χ1n) is 7.11. The standard InChI is InChI=1S/C14H28N2O/c1-5-6-7-8-9-12(4)16-10-15-13(11(2)3)14(16)17/h11-13,15H,5-10H2,1-4H3. The van der Waals surface area contributed by atoms with Gasteiger partial charge in [0.15, 0.2) is 0 Å². The zero-order chi connectivity index (χ0) is 12.8. The number of rotatable bonds is 7. The molecule has 1 heterocycles. The largest absolute Gasteiger partial charge is 0.326 e. The lowest BCUT2D eigenvalue weighted by molar-refractivity contribution is -0.131. The highest BCUT2D eigenvalue weighted by Gasteiger charge is 2.35. The summed E-state index contributed by atoms with van der Waals surface area (Å²) in [4.78, 5) is 14.2. The van der Waals surface area contributed by atoms with Crippen molar-refractivity contribution in [1.82, 2.24) is 10.2 Å². The van der Waals surface area contributed by atoms with Gasteiger partial charge < -0.3 is 4.90 Å². The molecule has 100 valence electrons.